The smallest absolute Gasteiger partial charge is 0.321 e. The number of hydrogen-bond donors (Lipinski definition) is 0. The van der Waals surface area contributed by atoms with Gasteiger partial charge in [-0.3, -0.25) is 4.57 Å². The molecule has 0 radical (unpaired) electrons. The number of nitrogens with zero attached hydrogens (tertiary/aromatic N) is 4. The quantitative estimate of drug-likeness (QED) is 0.487. The minimum absolute atomic E-state index is 0.119. The van der Waals surface area contributed by atoms with E-state index < -0.39 is 0 Å². The molecule has 32 heavy (non-hydrogen) atoms. The number of carbonyl (C=O) groups excluding carboxylic acids is 1. The number of rotatable bonds is 9. The number of ether oxygens (including phenoxy) is 3. The predicted molar refractivity (Wildman–Crippen MR) is 120 cm³/mol. The van der Waals surface area contributed by atoms with Crippen molar-refractivity contribution < 1.29 is 19.0 Å². The van der Waals surface area contributed by atoms with E-state index in [1.165, 1.54) is 0 Å². The van der Waals surface area contributed by atoms with Crippen LogP contribution in [-0.4, -0.2) is 44.1 Å². The first-order valence-corrected chi connectivity index (χ1v) is 11.2. The second-order valence-corrected chi connectivity index (χ2v) is 8.60. The SMILES string of the molecule is CC(=O)C[C@@H](C)COC1CCC(Oc2nc3ccc(Oc4ncccn4)cc3n2C)CC1. The number of Topliss-reactive ketones (excluding diaryl/α,β-unsaturated/α-hetero) is 1. The van der Waals surface area contributed by atoms with Crippen LogP contribution in [0.3, 0.4) is 0 Å². The normalized spacial score (nSPS) is 19.6. The third kappa shape index (κ3) is 5.62. The van der Waals surface area contributed by atoms with Gasteiger partial charge in [0.15, 0.2) is 0 Å². The summed E-state index contributed by atoms with van der Waals surface area (Å²) >= 11 is 0. The number of carbonyl (C=O) groups is 1. The molecule has 170 valence electrons. The second-order valence-electron chi connectivity index (χ2n) is 8.60. The lowest BCUT2D eigenvalue weighted by Gasteiger charge is -2.29. The molecule has 0 spiro atoms. The zero-order valence-corrected chi connectivity index (χ0v) is 18.9. The van der Waals surface area contributed by atoms with Crippen LogP contribution in [0.1, 0.15) is 46.0 Å². The topological polar surface area (TPSA) is 88.4 Å². The number of benzene rings is 1. The fraction of sp³-hybridized carbons (Fsp3) is 0.500. The fourth-order valence-corrected chi connectivity index (χ4v) is 4.08. The van der Waals surface area contributed by atoms with E-state index >= 15 is 0 Å². The van der Waals surface area contributed by atoms with Crippen LogP contribution in [0.4, 0.5) is 0 Å². The molecule has 1 fully saturated rings. The van der Waals surface area contributed by atoms with Gasteiger partial charge in [-0.25, -0.2) is 9.97 Å². The molecular formula is C24H30N4O4. The first-order chi connectivity index (χ1) is 15.5. The molecule has 1 saturated carbocycles. The van der Waals surface area contributed by atoms with E-state index in [9.17, 15) is 4.79 Å². The van der Waals surface area contributed by atoms with Crippen LogP contribution >= 0.6 is 0 Å². The Hall–Kier alpha value is -3.00. The summed E-state index contributed by atoms with van der Waals surface area (Å²) in [6.45, 7) is 4.33. The maximum absolute atomic E-state index is 11.2. The number of aryl methyl sites for hydroxylation is 1. The number of imidazole rings is 1. The van der Waals surface area contributed by atoms with Gasteiger partial charge in [0.25, 0.3) is 6.01 Å². The first-order valence-electron chi connectivity index (χ1n) is 11.2. The van der Waals surface area contributed by atoms with Crippen LogP contribution in [0.2, 0.25) is 0 Å². The molecule has 8 heteroatoms. The van der Waals surface area contributed by atoms with Crippen LogP contribution in [0.15, 0.2) is 36.7 Å². The van der Waals surface area contributed by atoms with Crippen molar-refractivity contribution in [1.29, 1.82) is 0 Å². The van der Waals surface area contributed by atoms with Crippen LogP contribution in [0, 0.1) is 5.92 Å². The molecule has 0 N–H and O–H groups in total. The van der Waals surface area contributed by atoms with Gasteiger partial charge in [0, 0.05) is 38.5 Å². The minimum atomic E-state index is 0.119. The van der Waals surface area contributed by atoms with Crippen molar-refractivity contribution in [2.75, 3.05) is 6.61 Å². The Bertz CT molecular complexity index is 1040. The molecule has 2 heterocycles. The fourth-order valence-electron chi connectivity index (χ4n) is 4.08. The summed E-state index contributed by atoms with van der Waals surface area (Å²) in [6, 6.07) is 8.33. The van der Waals surface area contributed by atoms with E-state index in [0.717, 1.165) is 36.7 Å². The van der Waals surface area contributed by atoms with Gasteiger partial charge in [0.05, 0.1) is 17.1 Å². The van der Waals surface area contributed by atoms with E-state index in [4.69, 9.17) is 14.2 Å². The highest BCUT2D eigenvalue weighted by atomic mass is 16.5. The maximum Gasteiger partial charge on any atom is 0.321 e. The van der Waals surface area contributed by atoms with Crippen LogP contribution in [-0.2, 0) is 16.6 Å². The molecule has 0 amide bonds. The second kappa shape index (κ2) is 10.1. The number of aromatic nitrogens is 4. The monoisotopic (exact) mass is 438 g/mol. The lowest BCUT2D eigenvalue weighted by atomic mass is 9.95. The molecule has 1 aliphatic carbocycles. The Balaban J connectivity index is 1.33. The Kier molecular flexibility index (Phi) is 6.99. The summed E-state index contributed by atoms with van der Waals surface area (Å²) < 4.78 is 19.9. The molecule has 1 aliphatic rings. The first kappa shape index (κ1) is 22.2. The maximum atomic E-state index is 11.2. The minimum Gasteiger partial charge on any atom is -0.461 e. The molecule has 1 atom stereocenters. The largest absolute Gasteiger partial charge is 0.461 e. The van der Waals surface area contributed by atoms with Crippen molar-refractivity contribution >= 4 is 16.8 Å². The summed E-state index contributed by atoms with van der Waals surface area (Å²) in [6.07, 6.45) is 7.98. The Morgan fingerprint density at radius 1 is 1.16 bits per heavy atom. The van der Waals surface area contributed by atoms with Gasteiger partial charge in [-0.15, -0.1) is 0 Å². The van der Waals surface area contributed by atoms with Crippen LogP contribution in [0.5, 0.6) is 17.8 Å². The zero-order valence-electron chi connectivity index (χ0n) is 18.9. The van der Waals surface area contributed by atoms with Gasteiger partial charge >= 0.3 is 6.01 Å². The third-order valence-corrected chi connectivity index (χ3v) is 5.71. The molecule has 4 rings (SSSR count). The van der Waals surface area contributed by atoms with E-state index in [2.05, 4.69) is 21.9 Å². The molecule has 0 bridgehead atoms. The van der Waals surface area contributed by atoms with E-state index in [1.807, 2.05) is 29.8 Å². The molecule has 0 aliphatic heterocycles. The lowest BCUT2D eigenvalue weighted by Crippen LogP contribution is -2.30. The van der Waals surface area contributed by atoms with Crippen molar-refractivity contribution in [3.63, 3.8) is 0 Å². The van der Waals surface area contributed by atoms with Crippen LogP contribution < -0.4 is 9.47 Å². The van der Waals surface area contributed by atoms with Crippen molar-refractivity contribution in [1.82, 2.24) is 19.5 Å². The average molecular weight is 439 g/mol. The van der Waals surface area contributed by atoms with Crippen molar-refractivity contribution in [2.24, 2.45) is 13.0 Å². The standard InChI is InChI=1S/C24H30N4O4/c1-16(13-17(2)29)15-30-18-5-7-19(8-6-18)32-24-27-21-10-9-20(14-22(21)28(24)3)31-23-25-11-4-12-26-23/h4,9-12,14,16,18-19H,5-8,13,15H2,1-3H3/t16-,18?,19?/m1/s1. The lowest BCUT2D eigenvalue weighted by molar-refractivity contribution is -0.118. The van der Waals surface area contributed by atoms with Crippen LogP contribution in [0.25, 0.3) is 11.0 Å². The van der Waals surface area contributed by atoms with Crippen molar-refractivity contribution in [2.45, 2.75) is 58.2 Å². The summed E-state index contributed by atoms with van der Waals surface area (Å²) in [7, 11) is 1.94. The van der Waals surface area contributed by atoms with Gasteiger partial charge in [0.2, 0.25) is 0 Å². The molecule has 0 saturated heterocycles. The highest BCUT2D eigenvalue weighted by Gasteiger charge is 2.25. The van der Waals surface area contributed by atoms with Crippen molar-refractivity contribution in [3.8, 4) is 17.8 Å². The molecule has 2 aromatic heterocycles. The summed E-state index contributed by atoms with van der Waals surface area (Å²) in [4.78, 5) is 24.1. The van der Waals surface area contributed by atoms with E-state index in [0.29, 0.717) is 30.8 Å². The molecule has 3 aromatic rings. The highest BCUT2D eigenvalue weighted by molar-refractivity contribution is 5.78. The van der Waals surface area contributed by atoms with E-state index in [1.54, 1.807) is 25.4 Å². The highest BCUT2D eigenvalue weighted by Crippen LogP contribution is 2.29. The molecular weight excluding hydrogens is 408 g/mol. The van der Waals surface area contributed by atoms with Gasteiger partial charge in [-0.1, -0.05) is 6.92 Å². The number of ketones is 1. The van der Waals surface area contributed by atoms with Gasteiger partial charge in [-0.05, 0) is 56.7 Å². The predicted octanol–water partition coefficient (Wildman–Crippen LogP) is 4.48. The zero-order chi connectivity index (χ0) is 22.5. The average Bonchev–Trinajstić information content (AvgIpc) is 3.08. The Morgan fingerprint density at radius 2 is 1.88 bits per heavy atom. The molecule has 8 nitrogen and oxygen atoms in total. The summed E-state index contributed by atoms with van der Waals surface area (Å²) in [5.74, 6) is 1.13. The van der Waals surface area contributed by atoms with Gasteiger partial charge in [0.1, 0.15) is 17.6 Å². The third-order valence-electron chi connectivity index (χ3n) is 5.71. The molecule has 1 aromatic carbocycles. The van der Waals surface area contributed by atoms with E-state index in [-0.39, 0.29) is 23.9 Å². The number of hydrogen-bond acceptors (Lipinski definition) is 7. The Labute approximate surface area is 187 Å². The van der Waals surface area contributed by atoms with Gasteiger partial charge < -0.3 is 19.0 Å². The molecule has 0 unspecified atom stereocenters. The van der Waals surface area contributed by atoms with Crippen molar-refractivity contribution in [3.05, 3.63) is 36.7 Å². The van der Waals surface area contributed by atoms with Gasteiger partial charge in [-0.2, -0.15) is 4.98 Å². The summed E-state index contributed by atoms with van der Waals surface area (Å²) in [5, 5.41) is 0. The summed E-state index contributed by atoms with van der Waals surface area (Å²) in [5.41, 5.74) is 1.77. The number of fused-ring (bicyclic) bond motifs is 1. The Morgan fingerprint density at radius 3 is 2.59 bits per heavy atom.